The molecule has 2 N–H and O–H groups in total. The number of hydroxylamine groups is 2. The van der Waals surface area contributed by atoms with Crippen molar-refractivity contribution >= 4 is 18.0 Å². The molecule has 0 spiro atoms. The van der Waals surface area contributed by atoms with Crippen molar-refractivity contribution < 1.29 is 34.2 Å². The van der Waals surface area contributed by atoms with Gasteiger partial charge in [0.1, 0.15) is 6.61 Å². The van der Waals surface area contributed by atoms with Gasteiger partial charge in [-0.1, -0.05) is 30.3 Å². The summed E-state index contributed by atoms with van der Waals surface area (Å²) in [5, 5.41) is 18.3. The average Bonchev–Trinajstić information content (AvgIpc) is 2.91. The summed E-state index contributed by atoms with van der Waals surface area (Å²) in [7, 11) is 0. The summed E-state index contributed by atoms with van der Waals surface area (Å²) in [6.07, 6.45) is -2.74. The van der Waals surface area contributed by atoms with Crippen molar-refractivity contribution in [3.05, 3.63) is 35.9 Å². The summed E-state index contributed by atoms with van der Waals surface area (Å²) in [4.78, 5) is 38.5. The Bertz CT molecular complexity index is 545. The molecule has 1 fully saturated rings. The first kappa shape index (κ1) is 14.8. The monoisotopic (exact) mass is 295 g/mol. The standard InChI is InChI=1S/C13H13NO7/c15-11(16)9-6-10(12(17)18)21-14(9)13(19)20-7-8-4-2-1-3-5-8/h1-5,9-10H,6-7H2,(H,15,16)(H,17,18)/t9-,10+/m1/s1. The highest BCUT2D eigenvalue weighted by molar-refractivity contribution is 5.82. The Balaban J connectivity index is 1.99. The van der Waals surface area contributed by atoms with Crippen LogP contribution in [0.25, 0.3) is 0 Å². The first-order valence-corrected chi connectivity index (χ1v) is 6.11. The van der Waals surface area contributed by atoms with Crippen LogP contribution in [-0.4, -0.2) is 45.5 Å². The molecule has 1 saturated heterocycles. The zero-order chi connectivity index (χ0) is 15.4. The summed E-state index contributed by atoms with van der Waals surface area (Å²) in [5.41, 5.74) is 0.715. The van der Waals surface area contributed by atoms with Crippen LogP contribution in [-0.2, 0) is 25.8 Å². The third-order valence-corrected chi connectivity index (χ3v) is 2.91. The molecule has 8 nitrogen and oxygen atoms in total. The molecule has 0 aliphatic carbocycles. The van der Waals surface area contributed by atoms with Crippen LogP contribution in [0.2, 0.25) is 0 Å². The number of amides is 1. The fraction of sp³-hybridized carbons (Fsp3) is 0.308. The largest absolute Gasteiger partial charge is 0.480 e. The molecular weight excluding hydrogens is 282 g/mol. The molecule has 0 unspecified atom stereocenters. The van der Waals surface area contributed by atoms with Gasteiger partial charge >= 0.3 is 18.0 Å². The van der Waals surface area contributed by atoms with E-state index in [0.29, 0.717) is 10.6 Å². The van der Waals surface area contributed by atoms with E-state index in [1.54, 1.807) is 30.3 Å². The molecule has 1 aliphatic heterocycles. The second kappa shape index (κ2) is 6.23. The van der Waals surface area contributed by atoms with E-state index in [2.05, 4.69) is 0 Å². The number of carboxylic acid groups (broad SMARTS) is 2. The van der Waals surface area contributed by atoms with Gasteiger partial charge in [0, 0.05) is 6.42 Å². The molecule has 2 rings (SSSR count). The van der Waals surface area contributed by atoms with E-state index in [4.69, 9.17) is 19.8 Å². The lowest BCUT2D eigenvalue weighted by Crippen LogP contribution is -2.39. The van der Waals surface area contributed by atoms with Gasteiger partial charge in [-0.25, -0.2) is 14.4 Å². The Morgan fingerprint density at radius 1 is 1.19 bits per heavy atom. The fourth-order valence-corrected chi connectivity index (χ4v) is 1.85. The first-order valence-electron chi connectivity index (χ1n) is 6.11. The maximum Gasteiger partial charge on any atom is 0.435 e. The van der Waals surface area contributed by atoms with Crippen LogP contribution in [0.1, 0.15) is 12.0 Å². The lowest BCUT2D eigenvalue weighted by Gasteiger charge is -2.18. The third kappa shape index (κ3) is 3.48. The van der Waals surface area contributed by atoms with Crippen LogP contribution in [0.15, 0.2) is 30.3 Å². The second-order valence-electron chi connectivity index (χ2n) is 4.39. The van der Waals surface area contributed by atoms with E-state index in [-0.39, 0.29) is 13.0 Å². The van der Waals surface area contributed by atoms with Crippen LogP contribution in [0, 0.1) is 0 Å². The first-order chi connectivity index (χ1) is 9.99. The number of hydrogen-bond donors (Lipinski definition) is 2. The highest BCUT2D eigenvalue weighted by Crippen LogP contribution is 2.23. The smallest absolute Gasteiger partial charge is 0.435 e. The average molecular weight is 295 g/mol. The van der Waals surface area contributed by atoms with Crippen molar-refractivity contribution in [2.45, 2.75) is 25.2 Å². The molecule has 8 heteroatoms. The Morgan fingerprint density at radius 3 is 2.43 bits per heavy atom. The van der Waals surface area contributed by atoms with Crippen LogP contribution < -0.4 is 0 Å². The predicted octanol–water partition coefficient (Wildman–Crippen LogP) is 0.867. The van der Waals surface area contributed by atoms with E-state index >= 15 is 0 Å². The second-order valence-corrected chi connectivity index (χ2v) is 4.39. The molecule has 1 heterocycles. The number of rotatable bonds is 4. The lowest BCUT2D eigenvalue weighted by atomic mass is 10.1. The quantitative estimate of drug-likeness (QED) is 0.847. The van der Waals surface area contributed by atoms with E-state index < -0.39 is 30.2 Å². The van der Waals surface area contributed by atoms with E-state index in [1.165, 1.54) is 0 Å². The number of aliphatic carboxylic acids is 2. The van der Waals surface area contributed by atoms with Crippen LogP contribution in [0.3, 0.4) is 0 Å². The van der Waals surface area contributed by atoms with E-state index in [0.717, 1.165) is 0 Å². The summed E-state index contributed by atoms with van der Waals surface area (Å²) in [5.74, 6) is -2.69. The number of nitrogens with zero attached hydrogens (tertiary/aromatic N) is 1. The zero-order valence-electron chi connectivity index (χ0n) is 10.8. The Hall–Kier alpha value is -2.61. The molecular formula is C13H13NO7. The number of carbonyl (C=O) groups excluding carboxylic acids is 1. The molecule has 112 valence electrons. The number of carbonyl (C=O) groups is 3. The third-order valence-electron chi connectivity index (χ3n) is 2.91. The minimum atomic E-state index is -1.38. The minimum absolute atomic E-state index is 0.0659. The van der Waals surface area contributed by atoms with Gasteiger partial charge in [0.25, 0.3) is 0 Å². The number of hydrogen-bond acceptors (Lipinski definition) is 5. The molecule has 0 aromatic heterocycles. The summed E-state index contributed by atoms with van der Waals surface area (Å²) < 4.78 is 4.93. The maximum absolute atomic E-state index is 11.8. The number of carboxylic acids is 2. The van der Waals surface area contributed by atoms with Gasteiger partial charge in [-0.05, 0) is 5.56 Å². The molecule has 0 bridgehead atoms. The molecule has 1 aromatic carbocycles. The van der Waals surface area contributed by atoms with Crippen LogP contribution >= 0.6 is 0 Å². The minimum Gasteiger partial charge on any atom is -0.480 e. The maximum atomic E-state index is 11.8. The number of benzene rings is 1. The molecule has 1 aliphatic rings. The van der Waals surface area contributed by atoms with Gasteiger partial charge in [-0.3, -0.25) is 4.84 Å². The topological polar surface area (TPSA) is 113 Å². The highest BCUT2D eigenvalue weighted by atomic mass is 16.7. The molecule has 1 aromatic rings. The molecule has 0 radical (unpaired) electrons. The Kier molecular flexibility index (Phi) is 4.39. The summed E-state index contributed by atoms with van der Waals surface area (Å²) in [6, 6.07) is 7.40. The SMILES string of the molecule is O=C(O)[C@@H]1C[C@H](C(=O)O)N(C(=O)OCc2ccccc2)O1. The van der Waals surface area contributed by atoms with Crippen molar-refractivity contribution in [2.75, 3.05) is 0 Å². The van der Waals surface area contributed by atoms with E-state index in [1.807, 2.05) is 0 Å². The van der Waals surface area contributed by atoms with Crippen molar-refractivity contribution in [1.82, 2.24) is 5.06 Å². The Labute approximate surface area is 119 Å². The van der Waals surface area contributed by atoms with Crippen LogP contribution in [0.5, 0.6) is 0 Å². The van der Waals surface area contributed by atoms with Crippen molar-refractivity contribution in [3.63, 3.8) is 0 Å². The van der Waals surface area contributed by atoms with Crippen LogP contribution in [0.4, 0.5) is 4.79 Å². The molecule has 1 amide bonds. The van der Waals surface area contributed by atoms with Gasteiger partial charge in [0.15, 0.2) is 12.1 Å². The van der Waals surface area contributed by atoms with E-state index in [9.17, 15) is 14.4 Å². The Morgan fingerprint density at radius 2 is 1.86 bits per heavy atom. The van der Waals surface area contributed by atoms with Crippen molar-refractivity contribution in [3.8, 4) is 0 Å². The van der Waals surface area contributed by atoms with Crippen molar-refractivity contribution in [2.24, 2.45) is 0 Å². The summed E-state index contributed by atoms with van der Waals surface area (Å²) >= 11 is 0. The van der Waals surface area contributed by atoms with Crippen molar-refractivity contribution in [1.29, 1.82) is 0 Å². The lowest BCUT2D eigenvalue weighted by molar-refractivity contribution is -0.179. The zero-order valence-corrected chi connectivity index (χ0v) is 10.8. The number of ether oxygens (including phenoxy) is 1. The summed E-state index contributed by atoms with van der Waals surface area (Å²) in [6.45, 7) is -0.0659. The fourth-order valence-electron chi connectivity index (χ4n) is 1.85. The van der Waals surface area contributed by atoms with Gasteiger partial charge in [0.05, 0.1) is 0 Å². The molecule has 0 saturated carbocycles. The molecule has 2 atom stereocenters. The highest BCUT2D eigenvalue weighted by Gasteiger charge is 2.45. The van der Waals surface area contributed by atoms with Gasteiger partial charge in [0.2, 0.25) is 0 Å². The van der Waals surface area contributed by atoms with Gasteiger partial charge in [-0.15, -0.1) is 0 Å². The normalized spacial score (nSPS) is 21.0. The van der Waals surface area contributed by atoms with Gasteiger partial charge < -0.3 is 14.9 Å². The predicted molar refractivity (Wildman–Crippen MR) is 67.0 cm³/mol. The molecule has 21 heavy (non-hydrogen) atoms. The van der Waals surface area contributed by atoms with Gasteiger partial charge in [-0.2, -0.15) is 5.06 Å².